The molecule has 1 aromatic carbocycles. The van der Waals surface area contributed by atoms with Gasteiger partial charge in [0.05, 0.1) is 24.9 Å². The van der Waals surface area contributed by atoms with Gasteiger partial charge >= 0.3 is 5.97 Å². The second-order valence-electron chi connectivity index (χ2n) is 4.76. The number of rotatable bonds is 8. The van der Waals surface area contributed by atoms with Gasteiger partial charge < -0.3 is 9.84 Å². The van der Waals surface area contributed by atoms with Crippen molar-refractivity contribution in [3.8, 4) is 0 Å². The first kappa shape index (κ1) is 17.1. The number of aromatic carboxylic acids is 1. The summed E-state index contributed by atoms with van der Waals surface area (Å²) in [4.78, 5) is 10.8. The predicted octanol–water partition coefficient (Wildman–Crippen LogP) is 0.706. The second-order valence-corrected chi connectivity index (χ2v) is 6.53. The molecule has 0 aliphatic rings. The second kappa shape index (κ2) is 7.36. The molecule has 0 saturated heterocycles. The van der Waals surface area contributed by atoms with E-state index in [1.165, 1.54) is 29.2 Å². The van der Waals surface area contributed by atoms with E-state index in [4.69, 9.17) is 9.84 Å². The van der Waals surface area contributed by atoms with Crippen LogP contribution in [0.2, 0.25) is 0 Å². The fourth-order valence-corrected chi connectivity index (χ4v) is 2.79. The lowest BCUT2D eigenvalue weighted by molar-refractivity contribution is 0.0697. The Labute approximate surface area is 133 Å². The van der Waals surface area contributed by atoms with Crippen LogP contribution in [0.1, 0.15) is 15.9 Å². The third-order valence-electron chi connectivity index (χ3n) is 3.11. The fourth-order valence-electron chi connectivity index (χ4n) is 1.82. The molecule has 0 bridgehead atoms. The summed E-state index contributed by atoms with van der Waals surface area (Å²) in [5.74, 6) is -1.03. The van der Waals surface area contributed by atoms with Crippen LogP contribution in [-0.4, -0.2) is 43.0 Å². The lowest BCUT2D eigenvalue weighted by Crippen LogP contribution is -2.23. The van der Waals surface area contributed by atoms with Crippen LogP contribution in [0, 0.1) is 0 Å². The Morgan fingerprint density at radius 1 is 1.35 bits per heavy atom. The molecule has 2 aromatic rings. The number of hydrogen-bond donors (Lipinski definition) is 2. The molecule has 8 nitrogen and oxygen atoms in total. The lowest BCUT2D eigenvalue weighted by atomic mass is 10.1. The summed E-state index contributed by atoms with van der Waals surface area (Å²) in [7, 11) is -2.13. The first-order valence-corrected chi connectivity index (χ1v) is 8.24. The smallest absolute Gasteiger partial charge is 0.335 e. The average molecular weight is 339 g/mol. The van der Waals surface area contributed by atoms with Crippen molar-refractivity contribution in [2.45, 2.75) is 18.0 Å². The van der Waals surface area contributed by atoms with E-state index in [0.29, 0.717) is 18.7 Å². The molecule has 9 heteroatoms. The van der Waals surface area contributed by atoms with Gasteiger partial charge in [0.2, 0.25) is 10.0 Å². The van der Waals surface area contributed by atoms with Crippen molar-refractivity contribution in [3.05, 3.63) is 47.8 Å². The van der Waals surface area contributed by atoms with Gasteiger partial charge in [-0.3, -0.25) is 4.68 Å². The molecule has 0 saturated carbocycles. The number of nitrogens with zero attached hydrogens (tertiary/aromatic N) is 2. The summed E-state index contributed by atoms with van der Waals surface area (Å²) in [5, 5.41) is 12.8. The zero-order valence-corrected chi connectivity index (χ0v) is 13.3. The highest BCUT2D eigenvalue weighted by molar-refractivity contribution is 7.89. The van der Waals surface area contributed by atoms with Crippen molar-refractivity contribution in [2.75, 3.05) is 13.7 Å². The highest BCUT2D eigenvalue weighted by Gasteiger charge is 2.16. The molecule has 124 valence electrons. The highest BCUT2D eigenvalue weighted by atomic mass is 32.2. The topological polar surface area (TPSA) is 111 Å². The number of carboxylic acid groups (broad SMARTS) is 1. The molecule has 0 aliphatic heterocycles. The molecular formula is C14H17N3O5S. The van der Waals surface area contributed by atoms with Gasteiger partial charge in [-0.1, -0.05) is 12.1 Å². The molecule has 0 unspecified atom stereocenters. The van der Waals surface area contributed by atoms with Gasteiger partial charge in [0, 0.05) is 19.9 Å². The van der Waals surface area contributed by atoms with E-state index in [-0.39, 0.29) is 17.0 Å². The molecule has 0 fully saturated rings. The van der Waals surface area contributed by atoms with Gasteiger partial charge in [0.1, 0.15) is 4.90 Å². The van der Waals surface area contributed by atoms with Gasteiger partial charge in [0.25, 0.3) is 0 Å². The summed E-state index contributed by atoms with van der Waals surface area (Å²) in [6.07, 6.45) is 2.69. The maximum absolute atomic E-state index is 12.2. The number of sulfonamides is 1. The van der Waals surface area contributed by atoms with Gasteiger partial charge in [-0.15, -0.1) is 0 Å². The maximum atomic E-state index is 12.2. The van der Waals surface area contributed by atoms with Crippen LogP contribution in [0.3, 0.4) is 0 Å². The maximum Gasteiger partial charge on any atom is 0.335 e. The van der Waals surface area contributed by atoms with E-state index in [1.807, 2.05) is 0 Å². The third-order valence-corrected chi connectivity index (χ3v) is 4.47. The standard InChI is InChI=1S/C14H17N3O5S/c1-22-7-6-17-10-13(9-15-17)23(20,21)16-8-11-2-4-12(5-3-11)14(18)19/h2-5,9-10,16H,6-8H2,1H3,(H,18,19). The summed E-state index contributed by atoms with van der Waals surface area (Å²) in [5.41, 5.74) is 0.807. The minimum absolute atomic E-state index is 0.0610. The largest absolute Gasteiger partial charge is 0.478 e. The molecule has 23 heavy (non-hydrogen) atoms. The summed E-state index contributed by atoms with van der Waals surface area (Å²) in [6, 6.07) is 5.98. The van der Waals surface area contributed by atoms with Crippen LogP contribution in [-0.2, 0) is 27.8 Å². The van der Waals surface area contributed by atoms with Crippen molar-refractivity contribution in [1.29, 1.82) is 0 Å². The summed E-state index contributed by atoms with van der Waals surface area (Å²) < 4.78 is 33.2. The normalized spacial score (nSPS) is 11.5. The van der Waals surface area contributed by atoms with E-state index in [0.717, 1.165) is 0 Å². The SMILES string of the molecule is COCCn1cc(S(=O)(=O)NCc2ccc(C(=O)O)cc2)cn1. The number of ether oxygens (including phenoxy) is 1. The molecule has 0 atom stereocenters. The summed E-state index contributed by atoms with van der Waals surface area (Å²) >= 11 is 0. The lowest BCUT2D eigenvalue weighted by Gasteiger charge is -2.05. The van der Waals surface area contributed by atoms with Crippen LogP contribution in [0.5, 0.6) is 0 Å². The minimum atomic E-state index is -3.68. The zero-order chi connectivity index (χ0) is 16.9. The van der Waals surface area contributed by atoms with Crippen LogP contribution in [0.15, 0.2) is 41.6 Å². The zero-order valence-electron chi connectivity index (χ0n) is 12.5. The highest BCUT2D eigenvalue weighted by Crippen LogP contribution is 2.09. The van der Waals surface area contributed by atoms with Crippen molar-refractivity contribution in [2.24, 2.45) is 0 Å². The average Bonchev–Trinajstić information content (AvgIpc) is 3.01. The van der Waals surface area contributed by atoms with Crippen molar-refractivity contribution in [1.82, 2.24) is 14.5 Å². The molecule has 0 amide bonds. The summed E-state index contributed by atoms with van der Waals surface area (Å²) in [6.45, 7) is 0.957. The Morgan fingerprint density at radius 3 is 2.65 bits per heavy atom. The van der Waals surface area contributed by atoms with Crippen LogP contribution >= 0.6 is 0 Å². The van der Waals surface area contributed by atoms with E-state index in [2.05, 4.69) is 9.82 Å². The van der Waals surface area contributed by atoms with E-state index in [1.54, 1.807) is 19.2 Å². The number of nitrogens with one attached hydrogen (secondary N) is 1. The molecule has 1 aromatic heterocycles. The Kier molecular flexibility index (Phi) is 5.48. The van der Waals surface area contributed by atoms with E-state index < -0.39 is 16.0 Å². The molecular weight excluding hydrogens is 322 g/mol. The Balaban J connectivity index is 2.00. The van der Waals surface area contributed by atoms with Gasteiger partial charge in [0.15, 0.2) is 0 Å². The monoisotopic (exact) mass is 339 g/mol. The van der Waals surface area contributed by atoms with Gasteiger partial charge in [-0.2, -0.15) is 5.10 Å². The molecule has 0 radical (unpaired) electrons. The van der Waals surface area contributed by atoms with Crippen molar-refractivity contribution < 1.29 is 23.1 Å². The van der Waals surface area contributed by atoms with E-state index >= 15 is 0 Å². The molecule has 0 aliphatic carbocycles. The quantitative estimate of drug-likeness (QED) is 0.733. The Hall–Kier alpha value is -2.23. The Bertz CT molecular complexity index is 768. The van der Waals surface area contributed by atoms with Gasteiger partial charge in [-0.05, 0) is 17.7 Å². The minimum Gasteiger partial charge on any atom is -0.478 e. The molecule has 0 spiro atoms. The van der Waals surface area contributed by atoms with Crippen molar-refractivity contribution >= 4 is 16.0 Å². The van der Waals surface area contributed by atoms with Crippen LogP contribution < -0.4 is 4.72 Å². The van der Waals surface area contributed by atoms with Crippen LogP contribution in [0.25, 0.3) is 0 Å². The number of carboxylic acids is 1. The fraction of sp³-hybridized carbons (Fsp3) is 0.286. The van der Waals surface area contributed by atoms with E-state index in [9.17, 15) is 13.2 Å². The van der Waals surface area contributed by atoms with Crippen molar-refractivity contribution in [3.63, 3.8) is 0 Å². The number of benzene rings is 1. The molecule has 1 heterocycles. The van der Waals surface area contributed by atoms with Crippen LogP contribution in [0.4, 0.5) is 0 Å². The first-order valence-electron chi connectivity index (χ1n) is 6.75. The number of carbonyl (C=O) groups is 1. The Morgan fingerprint density at radius 2 is 2.04 bits per heavy atom. The third kappa shape index (κ3) is 4.62. The number of aromatic nitrogens is 2. The number of methoxy groups -OCH3 is 1. The molecule has 2 N–H and O–H groups in total. The van der Waals surface area contributed by atoms with Gasteiger partial charge in [-0.25, -0.2) is 17.9 Å². The first-order chi connectivity index (χ1) is 10.9. The molecule has 2 rings (SSSR count). The predicted molar refractivity (Wildman–Crippen MR) is 81.5 cm³/mol. The number of hydrogen-bond acceptors (Lipinski definition) is 5.